The predicted molar refractivity (Wildman–Crippen MR) is 94.3 cm³/mol. The van der Waals surface area contributed by atoms with Crippen LogP contribution >= 0.6 is 0 Å². The first kappa shape index (κ1) is 16.6. The number of benzene rings is 2. The lowest BCUT2D eigenvalue weighted by Crippen LogP contribution is -2.48. The first-order chi connectivity index (χ1) is 12.5. The molecule has 1 unspecified atom stereocenters. The van der Waals surface area contributed by atoms with Crippen molar-refractivity contribution in [1.82, 2.24) is 0 Å². The van der Waals surface area contributed by atoms with E-state index in [-0.39, 0.29) is 12.0 Å². The van der Waals surface area contributed by atoms with E-state index in [1.807, 2.05) is 12.1 Å². The fourth-order valence-electron chi connectivity index (χ4n) is 3.01. The quantitative estimate of drug-likeness (QED) is 0.855. The van der Waals surface area contributed by atoms with Gasteiger partial charge in [0, 0.05) is 12.1 Å². The molecule has 0 aliphatic carbocycles. The highest BCUT2D eigenvalue weighted by Gasteiger charge is 2.42. The molecule has 1 N–H and O–H groups in total. The second kappa shape index (κ2) is 6.46. The van der Waals surface area contributed by atoms with Gasteiger partial charge in [0.05, 0.1) is 18.8 Å². The molecule has 1 fully saturated rings. The third kappa shape index (κ3) is 3.15. The molecule has 1 atom stereocenters. The Morgan fingerprint density at radius 3 is 2.58 bits per heavy atom. The number of hydrogen-bond donors (Lipinski definition) is 1. The second-order valence-electron chi connectivity index (χ2n) is 6.71. The van der Waals surface area contributed by atoms with E-state index < -0.39 is 11.6 Å². The van der Waals surface area contributed by atoms with Gasteiger partial charge in [0.15, 0.2) is 5.60 Å². The number of carbonyl (C=O) groups excluding carboxylic acids is 2. The van der Waals surface area contributed by atoms with Crippen molar-refractivity contribution < 1.29 is 23.8 Å². The van der Waals surface area contributed by atoms with Crippen molar-refractivity contribution in [2.75, 3.05) is 18.5 Å². The SMILES string of the molecule is CC1(C(=O)Nc2ccc(OC3COC3)cc2)Cc2ccccc2C(=O)O1. The number of anilines is 1. The van der Waals surface area contributed by atoms with Crippen molar-refractivity contribution in [3.63, 3.8) is 0 Å². The van der Waals surface area contributed by atoms with Crippen molar-refractivity contribution in [3.05, 3.63) is 59.7 Å². The number of nitrogens with one attached hydrogen (secondary N) is 1. The van der Waals surface area contributed by atoms with Gasteiger partial charge in [-0.1, -0.05) is 18.2 Å². The number of ether oxygens (including phenoxy) is 3. The van der Waals surface area contributed by atoms with Crippen LogP contribution in [0.2, 0.25) is 0 Å². The Bertz CT molecular complexity index is 844. The number of fused-ring (bicyclic) bond motifs is 1. The minimum Gasteiger partial charge on any atom is -0.486 e. The van der Waals surface area contributed by atoms with E-state index in [9.17, 15) is 9.59 Å². The number of amides is 1. The van der Waals surface area contributed by atoms with Gasteiger partial charge in [0.1, 0.15) is 11.9 Å². The summed E-state index contributed by atoms with van der Waals surface area (Å²) in [5, 5.41) is 2.82. The molecule has 1 saturated heterocycles. The largest absolute Gasteiger partial charge is 0.486 e. The smallest absolute Gasteiger partial charge is 0.339 e. The molecule has 6 heteroatoms. The highest BCUT2D eigenvalue weighted by molar-refractivity contribution is 6.02. The van der Waals surface area contributed by atoms with Gasteiger partial charge in [-0.25, -0.2) is 4.79 Å². The van der Waals surface area contributed by atoms with E-state index in [0.29, 0.717) is 30.9 Å². The predicted octanol–water partition coefficient (Wildman–Crippen LogP) is 2.57. The molecule has 1 amide bonds. The van der Waals surface area contributed by atoms with Gasteiger partial charge in [0.2, 0.25) is 0 Å². The molecule has 2 heterocycles. The zero-order chi connectivity index (χ0) is 18.1. The summed E-state index contributed by atoms with van der Waals surface area (Å²) in [6, 6.07) is 14.3. The molecule has 0 saturated carbocycles. The molecule has 6 nitrogen and oxygen atoms in total. The minimum absolute atomic E-state index is 0.0936. The molecule has 134 valence electrons. The first-order valence-corrected chi connectivity index (χ1v) is 8.51. The van der Waals surface area contributed by atoms with Gasteiger partial charge in [-0.05, 0) is 42.8 Å². The van der Waals surface area contributed by atoms with E-state index in [0.717, 1.165) is 11.3 Å². The lowest BCUT2D eigenvalue weighted by atomic mass is 9.89. The Hall–Kier alpha value is -2.86. The molecular weight excluding hydrogens is 334 g/mol. The Kier molecular flexibility index (Phi) is 4.12. The van der Waals surface area contributed by atoms with Gasteiger partial charge < -0.3 is 19.5 Å². The van der Waals surface area contributed by atoms with Crippen molar-refractivity contribution in [2.24, 2.45) is 0 Å². The molecule has 0 radical (unpaired) electrons. The third-order valence-electron chi connectivity index (χ3n) is 4.59. The Balaban J connectivity index is 1.45. The average Bonchev–Trinajstić information content (AvgIpc) is 2.59. The molecule has 2 aromatic carbocycles. The van der Waals surface area contributed by atoms with E-state index >= 15 is 0 Å². The molecule has 0 spiro atoms. The Morgan fingerprint density at radius 2 is 1.88 bits per heavy atom. The molecule has 26 heavy (non-hydrogen) atoms. The minimum atomic E-state index is -1.25. The summed E-state index contributed by atoms with van der Waals surface area (Å²) >= 11 is 0. The van der Waals surface area contributed by atoms with Crippen LogP contribution in [0.15, 0.2) is 48.5 Å². The second-order valence-corrected chi connectivity index (χ2v) is 6.71. The average molecular weight is 353 g/mol. The van der Waals surface area contributed by atoms with Gasteiger partial charge >= 0.3 is 5.97 Å². The monoisotopic (exact) mass is 353 g/mol. The number of esters is 1. The van der Waals surface area contributed by atoms with Gasteiger partial charge in [-0.2, -0.15) is 0 Å². The lowest BCUT2D eigenvalue weighted by Gasteiger charge is -2.33. The summed E-state index contributed by atoms with van der Waals surface area (Å²) in [5.74, 6) is -0.113. The standard InChI is InChI=1S/C20H19NO5/c1-20(10-13-4-2-3-5-17(13)18(22)26-20)19(23)21-14-6-8-15(9-7-14)25-16-11-24-12-16/h2-9,16H,10-12H2,1H3,(H,21,23). The molecule has 0 aromatic heterocycles. The summed E-state index contributed by atoms with van der Waals surface area (Å²) in [6.45, 7) is 2.83. The summed E-state index contributed by atoms with van der Waals surface area (Å²) in [4.78, 5) is 24.9. The van der Waals surface area contributed by atoms with E-state index in [2.05, 4.69) is 5.32 Å². The van der Waals surface area contributed by atoms with Crippen LogP contribution in [0.4, 0.5) is 5.69 Å². The van der Waals surface area contributed by atoms with Crippen LogP contribution in [0.3, 0.4) is 0 Å². The van der Waals surface area contributed by atoms with Crippen molar-refractivity contribution in [1.29, 1.82) is 0 Å². The van der Waals surface area contributed by atoms with Crippen molar-refractivity contribution >= 4 is 17.6 Å². The van der Waals surface area contributed by atoms with Gasteiger partial charge in [-0.3, -0.25) is 4.79 Å². The number of rotatable bonds is 4. The van der Waals surface area contributed by atoms with Crippen LogP contribution in [0, 0.1) is 0 Å². The highest BCUT2D eigenvalue weighted by Crippen LogP contribution is 2.29. The lowest BCUT2D eigenvalue weighted by molar-refractivity contribution is -0.134. The maximum Gasteiger partial charge on any atom is 0.339 e. The normalized spacial score (nSPS) is 22.0. The molecule has 2 aromatic rings. The van der Waals surface area contributed by atoms with Crippen molar-refractivity contribution in [3.8, 4) is 5.75 Å². The zero-order valence-electron chi connectivity index (χ0n) is 14.4. The van der Waals surface area contributed by atoms with Crippen LogP contribution in [-0.2, 0) is 20.7 Å². The van der Waals surface area contributed by atoms with Crippen LogP contribution in [0.5, 0.6) is 5.75 Å². The maximum absolute atomic E-state index is 12.7. The third-order valence-corrected chi connectivity index (χ3v) is 4.59. The number of hydrogen-bond acceptors (Lipinski definition) is 5. The number of carbonyl (C=O) groups is 2. The molecule has 2 aliphatic heterocycles. The fourth-order valence-corrected chi connectivity index (χ4v) is 3.01. The molecular formula is C20H19NO5. The summed E-state index contributed by atoms with van der Waals surface area (Å²) < 4.78 is 16.2. The topological polar surface area (TPSA) is 73.9 Å². The van der Waals surface area contributed by atoms with Crippen molar-refractivity contribution in [2.45, 2.75) is 25.0 Å². The van der Waals surface area contributed by atoms with E-state index in [4.69, 9.17) is 14.2 Å². The summed E-state index contributed by atoms with van der Waals surface area (Å²) in [6.07, 6.45) is 0.431. The Labute approximate surface area is 151 Å². The van der Waals surface area contributed by atoms with Crippen LogP contribution in [0.1, 0.15) is 22.8 Å². The molecule has 0 bridgehead atoms. The fraction of sp³-hybridized carbons (Fsp3) is 0.300. The highest BCUT2D eigenvalue weighted by atomic mass is 16.6. The summed E-state index contributed by atoms with van der Waals surface area (Å²) in [7, 11) is 0. The van der Waals surface area contributed by atoms with Crippen LogP contribution in [-0.4, -0.2) is 36.8 Å². The number of cyclic esters (lactones) is 1. The first-order valence-electron chi connectivity index (χ1n) is 8.51. The molecule has 2 aliphatic rings. The van der Waals surface area contributed by atoms with Gasteiger partial charge in [0.25, 0.3) is 5.91 Å². The maximum atomic E-state index is 12.7. The van der Waals surface area contributed by atoms with Crippen LogP contribution < -0.4 is 10.1 Å². The van der Waals surface area contributed by atoms with Crippen LogP contribution in [0.25, 0.3) is 0 Å². The zero-order valence-corrected chi connectivity index (χ0v) is 14.4. The molecule has 4 rings (SSSR count). The van der Waals surface area contributed by atoms with E-state index in [1.54, 1.807) is 43.3 Å². The van der Waals surface area contributed by atoms with Gasteiger partial charge in [-0.15, -0.1) is 0 Å². The van der Waals surface area contributed by atoms with E-state index in [1.165, 1.54) is 0 Å². The summed E-state index contributed by atoms with van der Waals surface area (Å²) in [5.41, 5.74) is 0.694. The Morgan fingerprint density at radius 1 is 1.15 bits per heavy atom.